The van der Waals surface area contributed by atoms with Gasteiger partial charge in [-0.1, -0.05) is 0 Å². The molecule has 37 heavy (non-hydrogen) atoms. The van der Waals surface area contributed by atoms with Crippen LogP contribution < -0.4 is 26.1 Å². The number of morpholine rings is 1. The average molecular weight is 520 g/mol. The first-order valence-electron chi connectivity index (χ1n) is 11.6. The lowest BCUT2D eigenvalue weighted by Gasteiger charge is -2.26. The Labute approximate surface area is 210 Å². The van der Waals surface area contributed by atoms with E-state index < -0.39 is 24.4 Å². The third-order valence-corrected chi connectivity index (χ3v) is 5.71. The average Bonchev–Trinajstić information content (AvgIpc) is 2.89. The van der Waals surface area contributed by atoms with Gasteiger partial charge in [0.05, 0.1) is 44.4 Å². The number of nitrogens with zero attached hydrogens (tertiary/aromatic N) is 5. The van der Waals surface area contributed by atoms with Gasteiger partial charge in [-0.3, -0.25) is 24.4 Å². The standard InChI is InChI=1S/C23H27F2N7O5/c1-35-19-16(37-8-2-5-31-6-9-36-10-7-31)4-3-15-18(19)29-23(32(21(15)34)13-17(24)25)30-20(33)14-11-27-22(26)28-12-14/h3-4,11-12,17H,2,5-10,13H2,1H3,(H2,26,27,28)(H,29,30,33). The van der Waals surface area contributed by atoms with E-state index in [1.54, 1.807) is 0 Å². The number of alkyl halides is 2. The molecule has 1 aliphatic heterocycles. The van der Waals surface area contributed by atoms with Crippen LogP contribution in [0.2, 0.25) is 0 Å². The Hall–Kier alpha value is -3.91. The molecule has 1 aromatic carbocycles. The minimum Gasteiger partial charge on any atom is -0.491 e. The van der Waals surface area contributed by atoms with Gasteiger partial charge < -0.3 is 19.9 Å². The summed E-state index contributed by atoms with van der Waals surface area (Å²) in [6.45, 7) is 3.38. The molecule has 3 heterocycles. The highest BCUT2D eigenvalue weighted by atomic mass is 19.3. The summed E-state index contributed by atoms with van der Waals surface area (Å²) >= 11 is 0. The molecule has 1 amide bonds. The Morgan fingerprint density at radius 3 is 2.65 bits per heavy atom. The Morgan fingerprint density at radius 1 is 1.24 bits per heavy atom. The molecule has 198 valence electrons. The van der Waals surface area contributed by atoms with Gasteiger partial charge in [0.2, 0.25) is 11.9 Å². The summed E-state index contributed by atoms with van der Waals surface area (Å²) in [6, 6.07) is 2.97. The van der Waals surface area contributed by atoms with Crippen LogP contribution in [0.5, 0.6) is 11.5 Å². The summed E-state index contributed by atoms with van der Waals surface area (Å²) in [4.78, 5) is 39.9. The van der Waals surface area contributed by atoms with Crippen molar-refractivity contribution in [3.8, 4) is 11.5 Å². The van der Waals surface area contributed by atoms with E-state index in [-0.39, 0.29) is 34.1 Å². The zero-order chi connectivity index (χ0) is 26.4. The first-order chi connectivity index (χ1) is 17.9. The number of halogens is 2. The van der Waals surface area contributed by atoms with Gasteiger partial charge in [0, 0.05) is 32.0 Å². The Kier molecular flexibility index (Phi) is 8.40. The molecule has 0 spiro atoms. The number of hydrogen-bond donors (Lipinski definition) is 2. The van der Waals surface area contributed by atoms with Gasteiger partial charge in [-0.25, -0.2) is 23.7 Å². The van der Waals surface area contributed by atoms with Crippen LogP contribution in [-0.2, 0) is 11.3 Å². The molecule has 0 radical (unpaired) electrons. The molecule has 2 aromatic heterocycles. The number of fused-ring (bicyclic) bond motifs is 1. The normalized spacial score (nSPS) is 14.2. The Balaban J connectivity index is 1.62. The lowest BCUT2D eigenvalue weighted by molar-refractivity contribution is 0.0357. The monoisotopic (exact) mass is 519 g/mol. The van der Waals surface area contributed by atoms with Gasteiger partial charge >= 0.3 is 0 Å². The number of nitrogens with two attached hydrogens (primary N) is 1. The third kappa shape index (κ3) is 6.27. The summed E-state index contributed by atoms with van der Waals surface area (Å²) < 4.78 is 44.1. The number of nitrogens with one attached hydrogen (secondary N) is 1. The zero-order valence-electron chi connectivity index (χ0n) is 20.2. The van der Waals surface area contributed by atoms with Crippen LogP contribution in [0.4, 0.5) is 20.7 Å². The lowest BCUT2D eigenvalue weighted by Crippen LogP contribution is -2.37. The maximum atomic E-state index is 13.3. The lowest BCUT2D eigenvalue weighted by atomic mass is 10.2. The van der Waals surface area contributed by atoms with Crippen molar-refractivity contribution in [1.82, 2.24) is 24.4 Å². The molecule has 1 aliphatic rings. The summed E-state index contributed by atoms with van der Waals surface area (Å²) in [5, 5.41) is 2.42. The molecule has 1 saturated heterocycles. The van der Waals surface area contributed by atoms with Crippen molar-refractivity contribution in [2.75, 3.05) is 57.6 Å². The van der Waals surface area contributed by atoms with E-state index in [2.05, 4.69) is 25.2 Å². The second-order valence-corrected chi connectivity index (χ2v) is 8.18. The summed E-state index contributed by atoms with van der Waals surface area (Å²) in [7, 11) is 1.38. The molecule has 0 aliphatic carbocycles. The van der Waals surface area contributed by atoms with Gasteiger partial charge in [-0.2, -0.15) is 0 Å². The van der Waals surface area contributed by atoms with Crippen LogP contribution >= 0.6 is 0 Å². The van der Waals surface area contributed by atoms with Crippen molar-refractivity contribution in [1.29, 1.82) is 0 Å². The number of benzene rings is 1. The molecule has 14 heteroatoms. The molecule has 4 rings (SSSR count). The van der Waals surface area contributed by atoms with Gasteiger partial charge in [-0.05, 0) is 18.6 Å². The van der Waals surface area contributed by atoms with Crippen LogP contribution in [0.25, 0.3) is 10.9 Å². The third-order valence-electron chi connectivity index (χ3n) is 5.71. The minimum absolute atomic E-state index is 0.00328. The topological polar surface area (TPSA) is 147 Å². The highest BCUT2D eigenvalue weighted by molar-refractivity contribution is 6.03. The first-order valence-corrected chi connectivity index (χ1v) is 11.6. The number of aromatic nitrogens is 4. The highest BCUT2D eigenvalue weighted by Gasteiger charge is 2.21. The molecule has 3 N–H and O–H groups in total. The Bertz CT molecular complexity index is 1300. The number of rotatable bonds is 10. The van der Waals surface area contributed by atoms with Crippen molar-refractivity contribution in [3.63, 3.8) is 0 Å². The largest absolute Gasteiger partial charge is 0.491 e. The number of nitrogen functional groups attached to an aromatic ring is 1. The summed E-state index contributed by atoms with van der Waals surface area (Å²) in [5.74, 6) is -0.709. The number of hydrogen-bond acceptors (Lipinski definition) is 10. The number of anilines is 2. The van der Waals surface area contributed by atoms with Crippen molar-refractivity contribution < 1.29 is 27.8 Å². The quantitative estimate of drug-likeness (QED) is 0.377. The van der Waals surface area contributed by atoms with E-state index in [1.165, 1.54) is 19.2 Å². The summed E-state index contributed by atoms with van der Waals surface area (Å²) in [5.41, 5.74) is 4.73. The maximum absolute atomic E-state index is 13.3. The first kappa shape index (κ1) is 26.2. The fraction of sp³-hybridized carbons (Fsp3) is 0.435. The van der Waals surface area contributed by atoms with E-state index in [0.29, 0.717) is 30.1 Å². The van der Waals surface area contributed by atoms with Crippen LogP contribution in [0, 0.1) is 0 Å². The zero-order valence-corrected chi connectivity index (χ0v) is 20.2. The predicted octanol–water partition coefficient (Wildman–Crippen LogP) is 1.40. The van der Waals surface area contributed by atoms with Gasteiger partial charge in [0.15, 0.2) is 11.5 Å². The molecule has 0 atom stereocenters. The second kappa shape index (κ2) is 11.9. The molecule has 1 fully saturated rings. The second-order valence-electron chi connectivity index (χ2n) is 8.18. The fourth-order valence-electron chi connectivity index (χ4n) is 3.88. The van der Waals surface area contributed by atoms with Crippen molar-refractivity contribution in [2.45, 2.75) is 19.4 Å². The maximum Gasteiger partial charge on any atom is 0.263 e. The number of carbonyl (C=O) groups excluding carboxylic acids is 1. The van der Waals surface area contributed by atoms with Crippen LogP contribution in [0.15, 0.2) is 29.3 Å². The highest BCUT2D eigenvalue weighted by Crippen LogP contribution is 2.34. The van der Waals surface area contributed by atoms with Crippen LogP contribution in [-0.4, -0.2) is 83.3 Å². The molecular weight excluding hydrogens is 492 g/mol. The number of amides is 1. The molecule has 0 unspecified atom stereocenters. The van der Waals surface area contributed by atoms with E-state index in [0.717, 1.165) is 38.4 Å². The van der Waals surface area contributed by atoms with E-state index in [4.69, 9.17) is 19.9 Å². The van der Waals surface area contributed by atoms with Crippen LogP contribution in [0.1, 0.15) is 16.8 Å². The minimum atomic E-state index is -2.87. The molecule has 12 nitrogen and oxygen atoms in total. The van der Waals surface area contributed by atoms with E-state index in [9.17, 15) is 18.4 Å². The van der Waals surface area contributed by atoms with Crippen LogP contribution in [0.3, 0.4) is 0 Å². The molecule has 0 bridgehead atoms. The number of carbonyl (C=O) groups is 1. The molecule has 0 saturated carbocycles. The Morgan fingerprint density at radius 2 is 1.97 bits per heavy atom. The molecule has 3 aromatic rings. The van der Waals surface area contributed by atoms with E-state index >= 15 is 0 Å². The van der Waals surface area contributed by atoms with Crippen molar-refractivity contribution in [3.05, 3.63) is 40.4 Å². The number of ether oxygens (including phenoxy) is 3. The fourth-order valence-corrected chi connectivity index (χ4v) is 3.88. The van der Waals surface area contributed by atoms with Gasteiger partial charge in [0.1, 0.15) is 5.52 Å². The van der Waals surface area contributed by atoms with Gasteiger partial charge in [0.25, 0.3) is 17.9 Å². The molecular formula is C23H27F2N7O5. The predicted molar refractivity (Wildman–Crippen MR) is 130 cm³/mol. The summed E-state index contributed by atoms with van der Waals surface area (Å²) in [6.07, 6.45) is 0.203. The van der Waals surface area contributed by atoms with Crippen molar-refractivity contribution >= 4 is 28.7 Å². The van der Waals surface area contributed by atoms with E-state index in [1.807, 2.05) is 0 Å². The smallest absolute Gasteiger partial charge is 0.263 e. The van der Waals surface area contributed by atoms with Crippen molar-refractivity contribution in [2.24, 2.45) is 0 Å². The number of methoxy groups -OCH3 is 1. The SMILES string of the molecule is COc1c(OCCCN2CCOCC2)ccc2c(=O)n(CC(F)F)c(NC(=O)c3cnc(N)nc3)nc12. The van der Waals surface area contributed by atoms with Gasteiger partial charge in [-0.15, -0.1) is 0 Å².